The molecule has 1 amide bonds. The quantitative estimate of drug-likeness (QED) is 0.598. The van der Waals surface area contributed by atoms with E-state index in [0.717, 1.165) is 41.7 Å². The first-order chi connectivity index (χ1) is 10.3. The van der Waals surface area contributed by atoms with E-state index in [1.54, 1.807) is 0 Å². The molecule has 0 aliphatic rings. The molecule has 1 aromatic carbocycles. The SMILES string of the molecule is CCC(C(=O)Nc1c(C)cc(C)cc1C)[P+](CC)(CC)CC.[Y]. The summed E-state index contributed by atoms with van der Waals surface area (Å²) in [5.74, 6) is 0.233. The Bertz CT molecular complexity index is 495. The van der Waals surface area contributed by atoms with Crippen LogP contribution in [0.2, 0.25) is 0 Å². The van der Waals surface area contributed by atoms with E-state index in [0.29, 0.717) is 0 Å². The molecular formula is C19H33NOPY+. The number of carbonyl (C=O) groups is 1. The predicted octanol–water partition coefficient (Wildman–Crippen LogP) is 5.40. The van der Waals surface area contributed by atoms with E-state index in [9.17, 15) is 4.79 Å². The Labute approximate surface area is 168 Å². The van der Waals surface area contributed by atoms with Crippen LogP contribution in [-0.2, 0) is 37.5 Å². The average Bonchev–Trinajstić information content (AvgIpc) is 2.48. The number of nitrogens with one attached hydrogen (secondary N) is 1. The molecule has 2 nitrogen and oxygen atoms in total. The number of amides is 1. The van der Waals surface area contributed by atoms with Gasteiger partial charge in [-0.25, -0.2) is 0 Å². The second-order valence-electron chi connectivity index (χ2n) is 6.35. The van der Waals surface area contributed by atoms with Gasteiger partial charge in [-0.1, -0.05) is 24.6 Å². The third-order valence-electron chi connectivity index (χ3n) is 5.17. The summed E-state index contributed by atoms with van der Waals surface area (Å²) in [7, 11) is -1.19. The van der Waals surface area contributed by atoms with Crippen molar-refractivity contribution in [2.75, 3.05) is 23.8 Å². The molecule has 0 spiro atoms. The van der Waals surface area contributed by atoms with Crippen molar-refractivity contribution in [1.29, 1.82) is 0 Å². The van der Waals surface area contributed by atoms with Crippen molar-refractivity contribution in [2.45, 2.75) is 60.5 Å². The molecule has 0 saturated carbocycles. The average molecular weight is 411 g/mol. The Balaban J connectivity index is 0.00000484. The maximum absolute atomic E-state index is 13.0. The number of aryl methyl sites for hydroxylation is 3. The molecule has 0 bridgehead atoms. The van der Waals surface area contributed by atoms with Crippen LogP contribution in [0.25, 0.3) is 0 Å². The molecule has 0 aromatic heterocycles. The predicted molar refractivity (Wildman–Crippen MR) is 102 cm³/mol. The summed E-state index contributed by atoms with van der Waals surface area (Å²) in [5.41, 5.74) is 4.77. The van der Waals surface area contributed by atoms with Crippen molar-refractivity contribution in [3.63, 3.8) is 0 Å². The van der Waals surface area contributed by atoms with E-state index in [-0.39, 0.29) is 44.3 Å². The molecular weight excluding hydrogens is 378 g/mol. The van der Waals surface area contributed by atoms with E-state index in [1.807, 2.05) is 0 Å². The van der Waals surface area contributed by atoms with Gasteiger partial charge in [-0.05, 0) is 59.1 Å². The minimum Gasteiger partial charge on any atom is -0.322 e. The van der Waals surface area contributed by atoms with Crippen LogP contribution in [0.5, 0.6) is 0 Å². The smallest absolute Gasteiger partial charge is 0.265 e. The van der Waals surface area contributed by atoms with Gasteiger partial charge in [0.15, 0.2) is 0 Å². The van der Waals surface area contributed by atoms with Crippen molar-refractivity contribution in [1.82, 2.24) is 0 Å². The standard InChI is InChI=1S/C19H32NOP.Y/c1-8-17(22(9-2,10-3)11-4)19(21)20-18-15(6)12-14(5)13-16(18)7;/h12-13,17H,8-11H2,1-7H3;/p+1. The van der Waals surface area contributed by atoms with Crippen LogP contribution in [0.4, 0.5) is 5.69 Å². The number of hydrogen-bond donors (Lipinski definition) is 1. The summed E-state index contributed by atoms with van der Waals surface area (Å²) in [6, 6.07) is 4.29. The van der Waals surface area contributed by atoms with Gasteiger partial charge < -0.3 is 5.32 Å². The molecule has 23 heavy (non-hydrogen) atoms. The molecule has 4 heteroatoms. The summed E-state index contributed by atoms with van der Waals surface area (Å²) in [6.45, 7) is 15.2. The maximum atomic E-state index is 13.0. The number of benzene rings is 1. The van der Waals surface area contributed by atoms with Gasteiger partial charge in [0.25, 0.3) is 5.91 Å². The number of hydrogen-bond acceptors (Lipinski definition) is 1. The third-order valence-corrected chi connectivity index (χ3v) is 10.9. The number of carbonyl (C=O) groups excluding carboxylic acids is 1. The molecule has 0 aliphatic carbocycles. The maximum Gasteiger partial charge on any atom is 0.265 e. The molecule has 0 saturated heterocycles. The first-order valence-electron chi connectivity index (χ1n) is 8.59. The van der Waals surface area contributed by atoms with E-state index in [1.165, 1.54) is 5.56 Å². The first kappa shape index (κ1) is 23.2. The van der Waals surface area contributed by atoms with Gasteiger partial charge in [0.2, 0.25) is 0 Å². The molecule has 0 heterocycles. The minimum atomic E-state index is -1.19. The zero-order chi connectivity index (χ0) is 16.9. The van der Waals surface area contributed by atoms with E-state index < -0.39 is 7.26 Å². The van der Waals surface area contributed by atoms with Crippen molar-refractivity contribution >= 4 is 18.9 Å². The second kappa shape index (κ2) is 10.3. The summed E-state index contributed by atoms with van der Waals surface area (Å²) in [4.78, 5) is 13.0. The van der Waals surface area contributed by atoms with Crippen LogP contribution in [-0.4, -0.2) is 30.1 Å². The Kier molecular flexibility index (Phi) is 10.4. The summed E-state index contributed by atoms with van der Waals surface area (Å²) in [5, 5.41) is 3.25. The van der Waals surface area contributed by atoms with Gasteiger partial charge in [-0.2, -0.15) is 0 Å². The monoisotopic (exact) mass is 411 g/mol. The van der Waals surface area contributed by atoms with Gasteiger partial charge in [0, 0.05) is 45.7 Å². The molecule has 127 valence electrons. The zero-order valence-corrected chi connectivity index (χ0v) is 19.7. The van der Waals surface area contributed by atoms with Gasteiger partial charge in [-0.3, -0.25) is 4.79 Å². The molecule has 1 rings (SSSR count). The van der Waals surface area contributed by atoms with Gasteiger partial charge >= 0.3 is 0 Å². The number of rotatable bonds is 7. The Morgan fingerprint density at radius 2 is 1.43 bits per heavy atom. The van der Waals surface area contributed by atoms with Crippen LogP contribution >= 0.6 is 7.26 Å². The molecule has 1 N–H and O–H groups in total. The minimum absolute atomic E-state index is 0. The second-order valence-corrected chi connectivity index (χ2v) is 11.3. The first-order valence-corrected chi connectivity index (χ1v) is 11.0. The molecule has 1 aromatic rings. The fourth-order valence-corrected chi connectivity index (χ4v) is 7.74. The van der Waals surface area contributed by atoms with Crippen molar-refractivity contribution in [3.8, 4) is 0 Å². The Hall–Kier alpha value is 0.224. The summed E-state index contributed by atoms with van der Waals surface area (Å²) >= 11 is 0. The van der Waals surface area contributed by atoms with Crippen molar-refractivity contribution < 1.29 is 37.5 Å². The van der Waals surface area contributed by atoms with Crippen LogP contribution in [0, 0.1) is 20.8 Å². The summed E-state index contributed by atoms with van der Waals surface area (Å²) in [6.07, 6.45) is 4.44. The van der Waals surface area contributed by atoms with E-state index >= 15 is 0 Å². The molecule has 0 fully saturated rings. The summed E-state index contributed by atoms with van der Waals surface area (Å²) < 4.78 is 0. The third kappa shape index (κ3) is 5.35. The van der Waals surface area contributed by atoms with Gasteiger partial charge in [0.05, 0.1) is 18.5 Å². The fraction of sp³-hybridized carbons (Fsp3) is 0.632. The van der Waals surface area contributed by atoms with Crippen molar-refractivity contribution in [3.05, 3.63) is 28.8 Å². The van der Waals surface area contributed by atoms with Gasteiger partial charge in [0.1, 0.15) is 5.66 Å². The van der Waals surface area contributed by atoms with E-state index in [2.05, 4.69) is 65.9 Å². The van der Waals surface area contributed by atoms with E-state index in [4.69, 9.17) is 0 Å². The van der Waals surface area contributed by atoms with Crippen LogP contribution in [0.15, 0.2) is 12.1 Å². The van der Waals surface area contributed by atoms with Crippen LogP contribution < -0.4 is 5.32 Å². The Morgan fingerprint density at radius 1 is 1.00 bits per heavy atom. The fourth-order valence-electron chi connectivity index (χ4n) is 3.74. The largest absolute Gasteiger partial charge is 0.322 e. The van der Waals surface area contributed by atoms with Crippen LogP contribution in [0.3, 0.4) is 0 Å². The zero-order valence-electron chi connectivity index (χ0n) is 16.0. The topological polar surface area (TPSA) is 29.1 Å². The molecule has 1 unspecified atom stereocenters. The van der Waals surface area contributed by atoms with Gasteiger partial charge in [-0.15, -0.1) is 0 Å². The molecule has 1 atom stereocenters. The normalized spacial score (nSPS) is 12.5. The van der Waals surface area contributed by atoms with Crippen molar-refractivity contribution in [2.24, 2.45) is 0 Å². The Morgan fingerprint density at radius 3 is 1.78 bits per heavy atom. The molecule has 0 aliphatic heterocycles. The van der Waals surface area contributed by atoms with Crippen LogP contribution in [0.1, 0.15) is 50.8 Å². The molecule has 1 radical (unpaired) electrons. The number of anilines is 1.